The Labute approximate surface area is 215 Å². The van der Waals surface area contributed by atoms with E-state index in [1.165, 1.54) is 36.8 Å². The number of nitrogens with zero attached hydrogens (tertiary/aromatic N) is 4. The first-order valence-corrected chi connectivity index (χ1v) is 13.1. The molecule has 5 rings (SSSR count). The maximum atomic E-state index is 14.7. The first-order chi connectivity index (χ1) is 17.9. The summed E-state index contributed by atoms with van der Waals surface area (Å²) in [5.74, 6) is -0.456. The van der Waals surface area contributed by atoms with Gasteiger partial charge in [-0.2, -0.15) is 9.65 Å². The Morgan fingerprint density at radius 2 is 1.76 bits per heavy atom. The molecule has 0 radical (unpaired) electrons. The largest absolute Gasteiger partial charge is 0.454 e. The van der Waals surface area contributed by atoms with E-state index in [0.717, 1.165) is 16.9 Å². The van der Waals surface area contributed by atoms with Gasteiger partial charge in [-0.1, -0.05) is 30.3 Å². The van der Waals surface area contributed by atoms with E-state index in [1.54, 1.807) is 23.6 Å². The third-order valence-corrected chi connectivity index (χ3v) is 7.40. The predicted molar refractivity (Wildman–Crippen MR) is 137 cm³/mol. The summed E-state index contributed by atoms with van der Waals surface area (Å²) in [6, 6.07) is 20.0. The summed E-state index contributed by atoms with van der Waals surface area (Å²) in [5.41, 5.74) is 1.92. The van der Waals surface area contributed by atoms with Crippen LogP contribution >= 0.6 is 11.3 Å². The lowest BCUT2D eigenvalue weighted by atomic mass is 10.0. The number of hydrogen-bond acceptors (Lipinski definition) is 8. The third kappa shape index (κ3) is 5.16. The molecule has 0 spiro atoms. The molecule has 0 aliphatic rings. The molecule has 0 aliphatic heterocycles. The van der Waals surface area contributed by atoms with E-state index in [9.17, 15) is 18.1 Å². The van der Waals surface area contributed by atoms with Crippen molar-refractivity contribution in [3.05, 3.63) is 102 Å². The average Bonchev–Trinajstić information content (AvgIpc) is 3.42. The number of hydrogen-bond donors (Lipinski definition) is 1. The van der Waals surface area contributed by atoms with Crippen LogP contribution < -0.4 is 9.46 Å². The van der Waals surface area contributed by atoms with Crippen molar-refractivity contribution in [1.82, 2.24) is 15.0 Å². The van der Waals surface area contributed by atoms with Crippen LogP contribution in [0.3, 0.4) is 0 Å². The number of sulfonamides is 1. The normalized spacial score (nSPS) is 11.0. The summed E-state index contributed by atoms with van der Waals surface area (Å²) in [6.07, 6.45) is 4.24. The third-order valence-electron chi connectivity index (χ3n) is 5.24. The lowest BCUT2D eigenvalue weighted by Gasteiger charge is -2.14. The van der Waals surface area contributed by atoms with Gasteiger partial charge in [0.05, 0.1) is 22.3 Å². The van der Waals surface area contributed by atoms with Gasteiger partial charge in [-0.25, -0.2) is 18.4 Å². The van der Waals surface area contributed by atoms with Gasteiger partial charge in [-0.3, -0.25) is 9.71 Å². The standard InChI is InChI=1S/C26H16FN5O3S2/c27-25-20(7-4-10-29-25)21-14-22(17-5-2-1-3-6-17)31-16-24(21)35-23-9-8-19(13-18(23)15-28)37(33,34)32-26-30-11-12-36-26/h1-14,16H,(H,30,32). The molecule has 37 heavy (non-hydrogen) atoms. The molecule has 182 valence electrons. The molecule has 0 aliphatic carbocycles. The molecule has 2 aromatic carbocycles. The quantitative estimate of drug-likeness (QED) is 0.262. The number of anilines is 1. The van der Waals surface area contributed by atoms with E-state index >= 15 is 0 Å². The lowest BCUT2D eigenvalue weighted by molar-refractivity contribution is 0.479. The number of rotatable bonds is 7. The number of benzene rings is 2. The Bertz CT molecular complexity index is 1720. The molecule has 0 saturated heterocycles. The summed E-state index contributed by atoms with van der Waals surface area (Å²) < 4.78 is 48.5. The highest BCUT2D eigenvalue weighted by Crippen LogP contribution is 2.37. The minimum Gasteiger partial charge on any atom is -0.454 e. The van der Waals surface area contributed by atoms with Gasteiger partial charge >= 0.3 is 0 Å². The maximum absolute atomic E-state index is 14.7. The zero-order chi connectivity index (χ0) is 25.8. The second-order valence-corrected chi connectivity index (χ2v) is 10.2. The van der Waals surface area contributed by atoms with E-state index in [-0.39, 0.29) is 32.7 Å². The number of halogens is 1. The topological polar surface area (TPSA) is 118 Å². The summed E-state index contributed by atoms with van der Waals surface area (Å²) >= 11 is 1.13. The van der Waals surface area contributed by atoms with Gasteiger partial charge in [0, 0.05) is 34.5 Å². The lowest BCUT2D eigenvalue weighted by Crippen LogP contribution is -2.13. The van der Waals surface area contributed by atoms with Gasteiger partial charge in [-0.15, -0.1) is 11.3 Å². The van der Waals surface area contributed by atoms with Crippen LogP contribution in [-0.2, 0) is 10.0 Å². The van der Waals surface area contributed by atoms with Crippen LogP contribution in [0.4, 0.5) is 9.52 Å². The second-order valence-electron chi connectivity index (χ2n) is 7.59. The monoisotopic (exact) mass is 529 g/mol. The Balaban J connectivity index is 1.54. The number of nitriles is 1. The molecular formula is C26H16FN5O3S2. The van der Waals surface area contributed by atoms with E-state index in [2.05, 4.69) is 19.7 Å². The van der Waals surface area contributed by atoms with Crippen LogP contribution in [0.1, 0.15) is 5.56 Å². The number of pyridine rings is 2. The average molecular weight is 530 g/mol. The maximum Gasteiger partial charge on any atom is 0.263 e. The summed E-state index contributed by atoms with van der Waals surface area (Å²) in [7, 11) is -3.98. The zero-order valence-corrected chi connectivity index (χ0v) is 20.5. The van der Waals surface area contributed by atoms with Gasteiger partial charge in [0.25, 0.3) is 10.0 Å². The van der Waals surface area contributed by atoms with Crippen molar-refractivity contribution in [2.45, 2.75) is 4.90 Å². The molecule has 3 aromatic heterocycles. The van der Waals surface area contributed by atoms with Crippen molar-refractivity contribution in [3.63, 3.8) is 0 Å². The van der Waals surface area contributed by atoms with Crippen molar-refractivity contribution in [2.75, 3.05) is 4.72 Å². The number of ether oxygens (including phenoxy) is 1. The molecule has 0 amide bonds. The number of aromatic nitrogens is 3. The highest BCUT2D eigenvalue weighted by Gasteiger charge is 2.20. The zero-order valence-electron chi connectivity index (χ0n) is 18.9. The van der Waals surface area contributed by atoms with Gasteiger partial charge < -0.3 is 4.74 Å². The van der Waals surface area contributed by atoms with Crippen LogP contribution in [-0.4, -0.2) is 23.4 Å². The van der Waals surface area contributed by atoms with Gasteiger partial charge in [0.2, 0.25) is 5.95 Å². The van der Waals surface area contributed by atoms with Crippen molar-refractivity contribution in [2.24, 2.45) is 0 Å². The van der Waals surface area contributed by atoms with Crippen LogP contribution in [0.15, 0.2) is 95.6 Å². The molecular weight excluding hydrogens is 513 g/mol. The predicted octanol–water partition coefficient (Wildman–Crippen LogP) is 5.87. The van der Waals surface area contributed by atoms with Crippen LogP contribution in [0.5, 0.6) is 11.5 Å². The molecule has 0 fully saturated rings. The highest BCUT2D eigenvalue weighted by atomic mass is 32.2. The van der Waals surface area contributed by atoms with E-state index in [0.29, 0.717) is 11.3 Å². The molecule has 0 bridgehead atoms. The Hall–Kier alpha value is -4.66. The highest BCUT2D eigenvalue weighted by molar-refractivity contribution is 7.93. The van der Waals surface area contributed by atoms with Crippen LogP contribution in [0, 0.1) is 17.3 Å². The Morgan fingerprint density at radius 3 is 2.49 bits per heavy atom. The Morgan fingerprint density at radius 1 is 0.919 bits per heavy atom. The molecule has 0 atom stereocenters. The van der Waals surface area contributed by atoms with Crippen molar-refractivity contribution < 1.29 is 17.5 Å². The fraction of sp³-hybridized carbons (Fsp3) is 0. The first-order valence-electron chi connectivity index (χ1n) is 10.8. The molecule has 0 unspecified atom stereocenters. The first kappa shape index (κ1) is 24.1. The molecule has 8 nitrogen and oxygen atoms in total. The molecule has 1 N–H and O–H groups in total. The van der Waals surface area contributed by atoms with E-state index < -0.39 is 16.0 Å². The SMILES string of the molecule is N#Cc1cc(S(=O)(=O)Nc2nccs2)ccc1Oc1cnc(-c2ccccc2)cc1-c1cccnc1F. The molecule has 5 aromatic rings. The number of nitrogens with one attached hydrogen (secondary N) is 1. The van der Waals surface area contributed by atoms with E-state index in [4.69, 9.17) is 4.74 Å². The molecule has 3 heterocycles. The Kier molecular flexibility index (Phi) is 6.59. The fourth-order valence-electron chi connectivity index (χ4n) is 3.51. The molecule has 11 heteroatoms. The van der Waals surface area contributed by atoms with Gasteiger partial charge in [0.15, 0.2) is 10.9 Å². The number of thiazole rings is 1. The minimum absolute atomic E-state index is 0.0354. The summed E-state index contributed by atoms with van der Waals surface area (Å²) in [4.78, 5) is 12.0. The summed E-state index contributed by atoms with van der Waals surface area (Å²) in [6.45, 7) is 0. The van der Waals surface area contributed by atoms with Crippen molar-refractivity contribution >= 4 is 26.5 Å². The molecule has 0 saturated carbocycles. The van der Waals surface area contributed by atoms with Crippen molar-refractivity contribution in [1.29, 1.82) is 5.26 Å². The van der Waals surface area contributed by atoms with E-state index in [1.807, 2.05) is 36.4 Å². The summed E-state index contributed by atoms with van der Waals surface area (Å²) in [5, 5.41) is 11.6. The van der Waals surface area contributed by atoms with Gasteiger partial charge in [-0.05, 0) is 36.4 Å². The smallest absolute Gasteiger partial charge is 0.263 e. The van der Waals surface area contributed by atoms with Crippen LogP contribution in [0.25, 0.3) is 22.4 Å². The van der Waals surface area contributed by atoms with Crippen molar-refractivity contribution in [3.8, 4) is 40.0 Å². The van der Waals surface area contributed by atoms with Gasteiger partial charge in [0.1, 0.15) is 11.8 Å². The second kappa shape index (κ2) is 10.1. The van der Waals surface area contributed by atoms with Crippen LogP contribution in [0.2, 0.25) is 0 Å². The minimum atomic E-state index is -3.98. The fourth-order valence-corrected chi connectivity index (χ4v) is 5.32.